The normalized spacial score (nSPS) is 9.40. The van der Waals surface area contributed by atoms with Crippen LogP contribution in [0.4, 0.5) is 0 Å². The molecule has 0 N–H and O–H groups in total. The second-order valence-electron chi connectivity index (χ2n) is 3.50. The van der Waals surface area contributed by atoms with E-state index in [4.69, 9.17) is 9.47 Å². The average molecular weight is 292 g/mol. The third-order valence-electron chi connectivity index (χ3n) is 1.92. The zero-order valence-corrected chi connectivity index (χ0v) is 13.1. The summed E-state index contributed by atoms with van der Waals surface area (Å²) in [4.78, 5) is 21.2. The summed E-state index contributed by atoms with van der Waals surface area (Å²) >= 11 is 0. The highest BCUT2D eigenvalue weighted by Crippen LogP contribution is 1.87. The van der Waals surface area contributed by atoms with Crippen molar-refractivity contribution in [2.45, 2.75) is 40.5 Å². The summed E-state index contributed by atoms with van der Waals surface area (Å²) in [5, 5.41) is 0. The predicted octanol–water partition coefficient (Wildman–Crippen LogP) is 1.95. The zero-order valence-electron chi connectivity index (χ0n) is 13.1. The molecule has 0 spiro atoms. The molecule has 6 nitrogen and oxygen atoms in total. The number of ether oxygens (including phenoxy) is 4. The zero-order chi connectivity index (χ0) is 15.6. The number of hydrogen-bond acceptors (Lipinski definition) is 6. The van der Waals surface area contributed by atoms with E-state index in [0.717, 1.165) is 0 Å². The first-order chi connectivity index (χ1) is 9.62. The standard InChI is InChI=1S/2C7H14O3/c2*1-3-9-6-5-7(8)10-4-2/h2*3-6H2,1-2H3. The van der Waals surface area contributed by atoms with Gasteiger partial charge in [0.05, 0.1) is 39.3 Å². The van der Waals surface area contributed by atoms with Crippen LogP contribution in [0.3, 0.4) is 0 Å². The van der Waals surface area contributed by atoms with E-state index >= 15 is 0 Å². The number of carbonyl (C=O) groups is 2. The quantitative estimate of drug-likeness (QED) is 0.453. The second-order valence-corrected chi connectivity index (χ2v) is 3.50. The van der Waals surface area contributed by atoms with Crippen LogP contribution in [0.2, 0.25) is 0 Å². The smallest absolute Gasteiger partial charge is 0.308 e. The van der Waals surface area contributed by atoms with E-state index in [1.165, 1.54) is 0 Å². The number of hydrogen-bond donors (Lipinski definition) is 0. The molecule has 20 heavy (non-hydrogen) atoms. The van der Waals surface area contributed by atoms with Crippen molar-refractivity contribution in [3.8, 4) is 0 Å². The molecule has 0 aromatic carbocycles. The molecular weight excluding hydrogens is 264 g/mol. The minimum Gasteiger partial charge on any atom is -0.466 e. The molecule has 0 aliphatic carbocycles. The van der Waals surface area contributed by atoms with Crippen molar-refractivity contribution >= 4 is 11.9 Å². The van der Waals surface area contributed by atoms with Crippen molar-refractivity contribution in [3.05, 3.63) is 0 Å². The Morgan fingerprint density at radius 1 is 0.650 bits per heavy atom. The Labute approximate surface area is 121 Å². The summed E-state index contributed by atoms with van der Waals surface area (Å²) in [6, 6.07) is 0. The Hall–Kier alpha value is -1.14. The molecule has 0 aromatic rings. The molecule has 0 atom stereocenters. The van der Waals surface area contributed by atoms with Gasteiger partial charge in [-0.15, -0.1) is 0 Å². The molecule has 0 radical (unpaired) electrons. The van der Waals surface area contributed by atoms with Gasteiger partial charge in [-0.1, -0.05) is 0 Å². The van der Waals surface area contributed by atoms with Crippen LogP contribution in [0, 0.1) is 0 Å². The lowest BCUT2D eigenvalue weighted by Crippen LogP contribution is -2.07. The van der Waals surface area contributed by atoms with Gasteiger partial charge in [0.15, 0.2) is 0 Å². The van der Waals surface area contributed by atoms with Crippen LogP contribution in [0.5, 0.6) is 0 Å². The number of carbonyl (C=O) groups excluding carboxylic acids is 2. The van der Waals surface area contributed by atoms with Crippen LogP contribution >= 0.6 is 0 Å². The first-order valence-electron chi connectivity index (χ1n) is 7.08. The Kier molecular flexibility index (Phi) is 18.9. The first kappa shape index (κ1) is 21.2. The molecular formula is C14H28O6. The van der Waals surface area contributed by atoms with E-state index < -0.39 is 0 Å². The minimum atomic E-state index is -0.184. The molecule has 120 valence electrons. The summed E-state index contributed by atoms with van der Waals surface area (Å²) in [6.45, 7) is 10.5. The van der Waals surface area contributed by atoms with Crippen molar-refractivity contribution in [1.29, 1.82) is 0 Å². The number of rotatable bonds is 10. The van der Waals surface area contributed by atoms with Gasteiger partial charge in [-0.05, 0) is 27.7 Å². The molecule has 0 saturated carbocycles. The van der Waals surface area contributed by atoms with E-state index in [0.29, 0.717) is 52.5 Å². The van der Waals surface area contributed by atoms with Crippen LogP contribution in [-0.4, -0.2) is 51.6 Å². The van der Waals surface area contributed by atoms with Gasteiger partial charge in [0.25, 0.3) is 0 Å². The van der Waals surface area contributed by atoms with Gasteiger partial charge >= 0.3 is 11.9 Å². The fraction of sp³-hybridized carbons (Fsp3) is 0.857. The number of esters is 2. The molecule has 0 aliphatic rings. The van der Waals surface area contributed by atoms with Crippen LogP contribution in [0.15, 0.2) is 0 Å². The SMILES string of the molecule is CCOCCC(=O)OCC.CCOCCC(=O)OCC. The third kappa shape index (κ3) is 19.2. The topological polar surface area (TPSA) is 71.1 Å². The summed E-state index contributed by atoms with van der Waals surface area (Å²) in [7, 11) is 0. The summed E-state index contributed by atoms with van der Waals surface area (Å²) < 4.78 is 19.2. The second kappa shape index (κ2) is 17.9. The first-order valence-corrected chi connectivity index (χ1v) is 7.08. The Balaban J connectivity index is 0. The van der Waals surface area contributed by atoms with E-state index in [1.807, 2.05) is 13.8 Å². The summed E-state index contributed by atoms with van der Waals surface area (Å²) in [6.07, 6.45) is 0.726. The van der Waals surface area contributed by atoms with E-state index in [2.05, 4.69) is 9.47 Å². The molecule has 0 fully saturated rings. The predicted molar refractivity (Wildman–Crippen MR) is 75.5 cm³/mol. The van der Waals surface area contributed by atoms with Gasteiger partial charge in [-0.2, -0.15) is 0 Å². The van der Waals surface area contributed by atoms with Gasteiger partial charge in [0.1, 0.15) is 0 Å². The minimum absolute atomic E-state index is 0.184. The molecule has 0 rings (SSSR count). The van der Waals surface area contributed by atoms with Gasteiger partial charge in [0, 0.05) is 13.2 Å². The maximum Gasteiger partial charge on any atom is 0.308 e. The molecule has 0 saturated heterocycles. The van der Waals surface area contributed by atoms with E-state index in [-0.39, 0.29) is 11.9 Å². The maximum absolute atomic E-state index is 10.6. The molecule has 0 heterocycles. The van der Waals surface area contributed by atoms with Crippen LogP contribution < -0.4 is 0 Å². The fourth-order valence-corrected chi connectivity index (χ4v) is 1.07. The lowest BCUT2D eigenvalue weighted by atomic mass is 10.5. The van der Waals surface area contributed by atoms with Crippen molar-refractivity contribution in [2.75, 3.05) is 39.6 Å². The lowest BCUT2D eigenvalue weighted by Gasteiger charge is -2.00. The van der Waals surface area contributed by atoms with Crippen LogP contribution in [0.1, 0.15) is 40.5 Å². The average Bonchev–Trinajstić information content (AvgIpc) is 2.41. The van der Waals surface area contributed by atoms with Crippen LogP contribution in [-0.2, 0) is 28.5 Å². The molecule has 0 unspecified atom stereocenters. The van der Waals surface area contributed by atoms with Crippen molar-refractivity contribution < 1.29 is 28.5 Å². The highest BCUT2D eigenvalue weighted by molar-refractivity contribution is 5.69. The fourth-order valence-electron chi connectivity index (χ4n) is 1.07. The Morgan fingerprint density at radius 2 is 1.00 bits per heavy atom. The summed E-state index contributed by atoms with van der Waals surface area (Å²) in [5.41, 5.74) is 0. The maximum atomic E-state index is 10.6. The van der Waals surface area contributed by atoms with Crippen molar-refractivity contribution in [3.63, 3.8) is 0 Å². The van der Waals surface area contributed by atoms with Crippen molar-refractivity contribution in [2.24, 2.45) is 0 Å². The van der Waals surface area contributed by atoms with Gasteiger partial charge in [-0.3, -0.25) is 9.59 Å². The van der Waals surface area contributed by atoms with Gasteiger partial charge < -0.3 is 18.9 Å². The van der Waals surface area contributed by atoms with Crippen LogP contribution in [0.25, 0.3) is 0 Å². The van der Waals surface area contributed by atoms with Crippen molar-refractivity contribution in [1.82, 2.24) is 0 Å². The third-order valence-corrected chi connectivity index (χ3v) is 1.92. The highest BCUT2D eigenvalue weighted by Gasteiger charge is 1.99. The molecule has 0 bridgehead atoms. The monoisotopic (exact) mass is 292 g/mol. The van der Waals surface area contributed by atoms with Gasteiger partial charge in [-0.25, -0.2) is 0 Å². The lowest BCUT2D eigenvalue weighted by molar-refractivity contribution is -0.145. The van der Waals surface area contributed by atoms with E-state index in [1.54, 1.807) is 13.8 Å². The molecule has 0 aliphatic heterocycles. The molecule has 0 amide bonds. The largest absolute Gasteiger partial charge is 0.466 e. The van der Waals surface area contributed by atoms with Gasteiger partial charge in [0.2, 0.25) is 0 Å². The summed E-state index contributed by atoms with van der Waals surface area (Å²) in [5.74, 6) is -0.369. The van der Waals surface area contributed by atoms with E-state index in [9.17, 15) is 9.59 Å². The Bertz CT molecular complexity index is 206. The highest BCUT2D eigenvalue weighted by atomic mass is 16.5. The Morgan fingerprint density at radius 3 is 1.25 bits per heavy atom. The molecule has 0 aromatic heterocycles. The molecule has 6 heteroatoms.